The molecule has 2 fully saturated rings. The van der Waals surface area contributed by atoms with E-state index in [1.54, 1.807) is 12.1 Å². The van der Waals surface area contributed by atoms with Crippen LogP contribution in [0.25, 0.3) is 20.2 Å². The van der Waals surface area contributed by atoms with E-state index >= 15 is 0 Å². The summed E-state index contributed by atoms with van der Waals surface area (Å²) in [7, 11) is 3.90. The van der Waals surface area contributed by atoms with Crippen molar-refractivity contribution in [3.63, 3.8) is 0 Å². The van der Waals surface area contributed by atoms with Gasteiger partial charge in [0.15, 0.2) is 0 Å². The van der Waals surface area contributed by atoms with Gasteiger partial charge in [-0.3, -0.25) is 28.8 Å². The molecular formula is C42H50N10O6S2. The van der Waals surface area contributed by atoms with Gasteiger partial charge in [0.05, 0.1) is 35.5 Å². The smallest absolute Gasteiger partial charge is 0.263 e. The maximum atomic E-state index is 13.0. The second-order valence-electron chi connectivity index (χ2n) is 15.8. The van der Waals surface area contributed by atoms with Crippen LogP contribution >= 0.6 is 22.7 Å². The average molecular weight is 855 g/mol. The quantitative estimate of drug-likeness (QED) is 0.122. The van der Waals surface area contributed by atoms with Crippen LogP contribution in [0.1, 0.15) is 53.9 Å². The van der Waals surface area contributed by atoms with Gasteiger partial charge in [0.25, 0.3) is 23.6 Å². The highest BCUT2D eigenvalue weighted by Gasteiger charge is 2.35. The number of nitrogens with one attached hydrogen (secondary N) is 8. The summed E-state index contributed by atoms with van der Waals surface area (Å²) in [4.78, 5) is 79.6. The fourth-order valence-corrected chi connectivity index (χ4v) is 10.0. The van der Waals surface area contributed by atoms with Gasteiger partial charge >= 0.3 is 0 Å². The van der Waals surface area contributed by atoms with Gasteiger partial charge in [-0.25, -0.2) is 0 Å². The second kappa shape index (κ2) is 17.8. The molecule has 0 bridgehead atoms. The molecule has 18 heteroatoms. The lowest BCUT2D eigenvalue weighted by Gasteiger charge is -2.20. The molecule has 8 rings (SSSR count). The molecule has 6 heterocycles. The Kier molecular flexibility index (Phi) is 12.6. The summed E-state index contributed by atoms with van der Waals surface area (Å²) in [5, 5.41) is 26.2. The van der Waals surface area contributed by atoms with Crippen LogP contribution < -0.4 is 42.5 Å². The molecule has 0 radical (unpaired) electrons. The van der Waals surface area contributed by atoms with Crippen LogP contribution in [0.2, 0.25) is 0 Å². The molecule has 4 aromatic rings. The number of hydrogen-bond acceptors (Lipinski definition) is 12. The van der Waals surface area contributed by atoms with Crippen molar-refractivity contribution in [2.24, 2.45) is 0 Å². The lowest BCUT2D eigenvalue weighted by atomic mass is 10.1. The minimum Gasteiger partial charge on any atom is -0.381 e. The number of fused-ring (bicyclic) bond motifs is 6. The first-order valence-corrected chi connectivity index (χ1v) is 21.4. The number of likely N-dealkylation sites (tertiary alicyclic amines) is 2. The number of hydrogen-bond donors (Lipinski definition) is 8. The maximum Gasteiger partial charge on any atom is 0.263 e. The minimum absolute atomic E-state index is 0.0284. The van der Waals surface area contributed by atoms with E-state index in [4.69, 9.17) is 0 Å². The molecule has 4 aliphatic rings. The first kappa shape index (κ1) is 42.3. The molecule has 6 atom stereocenters. The summed E-state index contributed by atoms with van der Waals surface area (Å²) in [5.41, 5.74) is 2.60. The molecule has 60 heavy (non-hydrogen) atoms. The molecule has 2 aromatic carbocycles. The van der Waals surface area contributed by atoms with Gasteiger partial charge in [-0.1, -0.05) is 13.2 Å². The Morgan fingerprint density at radius 1 is 0.633 bits per heavy atom. The number of amides is 6. The van der Waals surface area contributed by atoms with Crippen molar-refractivity contribution < 1.29 is 28.8 Å². The number of likely N-dealkylation sites (N-methyl/N-ethyl adjacent to an activating group) is 2. The number of rotatable bonds is 8. The Morgan fingerprint density at radius 2 is 1.00 bits per heavy atom. The lowest BCUT2D eigenvalue weighted by molar-refractivity contribution is -0.118. The van der Waals surface area contributed by atoms with Crippen LogP contribution in [0.3, 0.4) is 0 Å². The highest BCUT2D eigenvalue weighted by atomic mass is 32.1. The molecule has 8 N–H and O–H groups in total. The molecule has 0 unspecified atom stereocenters. The first-order chi connectivity index (χ1) is 28.7. The SMILES string of the molecule is C=CC(=O)N[C@@H]1CN(C)C[C@@H]1NC(=O)c1ccc2sc3c(c2c1)NC[C@@H](C)NC3=O.C=CC(=O)N[C@H]1CN(C)C[C@H]1NC(=O)c1ccc2sc3c(c2c1)NC[C@@H](C)NC3=O. The van der Waals surface area contributed by atoms with Crippen molar-refractivity contribution >= 4 is 89.7 Å². The van der Waals surface area contributed by atoms with Crippen molar-refractivity contribution in [2.45, 2.75) is 50.1 Å². The number of thiophene rings is 2. The van der Waals surface area contributed by atoms with Crippen molar-refractivity contribution in [1.29, 1.82) is 0 Å². The second-order valence-corrected chi connectivity index (χ2v) is 17.9. The zero-order chi connectivity index (χ0) is 42.8. The summed E-state index contributed by atoms with van der Waals surface area (Å²) >= 11 is 2.83. The highest BCUT2D eigenvalue weighted by Crippen LogP contribution is 2.38. The standard InChI is InChI=1S/2C21H25N5O3S/c2*1-4-17(27)24-14-9-26(3)10-15(14)25-20(28)12-5-6-16-13(7-12)18-19(30-16)21(29)23-11(2)8-22-18/h2*4-7,11,14-15,22H,1,8-10H2,2-3H3,(H,23,29)(H,24,27)(H,25,28)/t11-,14+,15-;11-,14-,15+/m11/s1. The van der Waals surface area contributed by atoms with Crippen LogP contribution in [-0.2, 0) is 9.59 Å². The fraction of sp³-hybridized carbons (Fsp3) is 0.381. The van der Waals surface area contributed by atoms with Gasteiger partial charge in [-0.05, 0) is 76.5 Å². The minimum atomic E-state index is -0.254. The average Bonchev–Trinajstić information content (AvgIpc) is 3.93. The lowest BCUT2D eigenvalue weighted by Crippen LogP contribution is -2.50. The number of anilines is 2. The third kappa shape index (κ3) is 9.16. The number of benzene rings is 2. The Labute approximate surface area is 355 Å². The zero-order valence-electron chi connectivity index (χ0n) is 33.9. The van der Waals surface area contributed by atoms with Crippen LogP contribution in [0.15, 0.2) is 61.7 Å². The molecule has 2 aromatic heterocycles. The molecule has 6 amide bonds. The third-order valence-electron chi connectivity index (χ3n) is 10.9. The molecule has 316 valence electrons. The molecule has 2 saturated heterocycles. The Hall–Kier alpha value is -5.82. The molecule has 0 saturated carbocycles. The third-order valence-corrected chi connectivity index (χ3v) is 13.2. The number of carbonyl (C=O) groups is 6. The number of carbonyl (C=O) groups excluding carboxylic acids is 6. The largest absolute Gasteiger partial charge is 0.381 e. The Bertz CT molecular complexity index is 2230. The van der Waals surface area contributed by atoms with E-state index in [1.165, 1.54) is 34.8 Å². The van der Waals surface area contributed by atoms with Crippen molar-refractivity contribution in [3.05, 3.63) is 82.6 Å². The summed E-state index contributed by atoms with van der Waals surface area (Å²) in [5.74, 6) is -1.11. The summed E-state index contributed by atoms with van der Waals surface area (Å²) in [6.07, 6.45) is 2.47. The van der Waals surface area contributed by atoms with Crippen LogP contribution in [0, 0.1) is 0 Å². The topological polar surface area (TPSA) is 205 Å². The maximum absolute atomic E-state index is 13.0. The highest BCUT2D eigenvalue weighted by molar-refractivity contribution is 7.22. The zero-order valence-corrected chi connectivity index (χ0v) is 35.5. The van der Waals surface area contributed by atoms with E-state index in [0.717, 1.165) is 31.5 Å². The van der Waals surface area contributed by atoms with E-state index in [-0.39, 0.29) is 71.7 Å². The van der Waals surface area contributed by atoms with Gasteiger partial charge in [0.2, 0.25) is 11.8 Å². The van der Waals surface area contributed by atoms with E-state index in [9.17, 15) is 28.8 Å². The predicted octanol–water partition coefficient (Wildman–Crippen LogP) is 2.32. The summed E-state index contributed by atoms with van der Waals surface area (Å²) in [6, 6.07) is 10.2. The molecule has 4 aliphatic heterocycles. The van der Waals surface area contributed by atoms with E-state index in [1.807, 2.05) is 52.2 Å². The predicted molar refractivity (Wildman–Crippen MR) is 236 cm³/mol. The van der Waals surface area contributed by atoms with E-state index < -0.39 is 0 Å². The van der Waals surface area contributed by atoms with Crippen molar-refractivity contribution in [3.8, 4) is 0 Å². The molecule has 16 nitrogen and oxygen atoms in total. The summed E-state index contributed by atoms with van der Waals surface area (Å²) < 4.78 is 1.90. The van der Waals surface area contributed by atoms with Gasteiger partial charge in [-0.15, -0.1) is 22.7 Å². The molecular weight excluding hydrogens is 805 g/mol. The van der Waals surface area contributed by atoms with Gasteiger partial charge in [0, 0.05) is 82.7 Å². The molecule has 0 aliphatic carbocycles. The number of nitrogens with zero attached hydrogens (tertiary/aromatic N) is 2. The van der Waals surface area contributed by atoms with Crippen LogP contribution in [-0.4, -0.2) is 135 Å². The monoisotopic (exact) mass is 854 g/mol. The van der Waals surface area contributed by atoms with Gasteiger partial charge in [0.1, 0.15) is 9.75 Å². The van der Waals surface area contributed by atoms with Crippen molar-refractivity contribution in [2.75, 3.05) is 64.0 Å². The Balaban J connectivity index is 0.000000181. The van der Waals surface area contributed by atoms with E-state index in [2.05, 4.69) is 65.5 Å². The summed E-state index contributed by atoms with van der Waals surface area (Å²) in [6.45, 7) is 14.7. The fourth-order valence-electron chi connectivity index (χ4n) is 7.91. The van der Waals surface area contributed by atoms with Gasteiger partial charge in [-0.2, -0.15) is 0 Å². The van der Waals surface area contributed by atoms with Crippen molar-refractivity contribution in [1.82, 2.24) is 41.7 Å². The normalized spacial score (nSPS) is 23.8. The molecule has 0 spiro atoms. The van der Waals surface area contributed by atoms with Gasteiger partial charge < -0.3 is 52.3 Å². The first-order valence-electron chi connectivity index (χ1n) is 19.8. The Morgan fingerprint density at radius 3 is 1.37 bits per heavy atom. The van der Waals surface area contributed by atoms with Crippen LogP contribution in [0.5, 0.6) is 0 Å². The van der Waals surface area contributed by atoms with Crippen LogP contribution in [0.4, 0.5) is 11.4 Å². The van der Waals surface area contributed by atoms with E-state index in [0.29, 0.717) is 60.1 Å².